The van der Waals surface area contributed by atoms with E-state index in [0.29, 0.717) is 31.0 Å². The first-order valence-corrected chi connectivity index (χ1v) is 7.71. The first-order chi connectivity index (χ1) is 10.1. The number of carboxylic acids is 1. The number of halogens is 1. The molecule has 1 saturated carbocycles. The van der Waals surface area contributed by atoms with E-state index >= 15 is 0 Å². The molecule has 1 aromatic rings. The lowest BCUT2D eigenvalue weighted by Crippen LogP contribution is -2.41. The van der Waals surface area contributed by atoms with Crippen LogP contribution in [0.5, 0.6) is 0 Å². The molecule has 5 heteroatoms. The average Bonchev–Trinajstić information content (AvgIpc) is 3.27. The van der Waals surface area contributed by atoms with Crippen molar-refractivity contribution in [3.8, 4) is 0 Å². The average molecular weight is 308 g/mol. The Morgan fingerprint density at radius 1 is 1.24 bits per heavy atom. The first kappa shape index (κ1) is 14.4. The van der Waals surface area contributed by atoms with Gasteiger partial charge in [0.2, 0.25) is 5.91 Å². The number of hydrogen-bond acceptors (Lipinski definition) is 2. The van der Waals surface area contributed by atoms with E-state index in [1.807, 2.05) is 29.2 Å². The number of carbonyl (C=O) groups excluding carboxylic acids is 1. The fourth-order valence-corrected chi connectivity index (χ4v) is 3.35. The molecule has 4 nitrogen and oxygen atoms in total. The molecule has 0 radical (unpaired) electrons. The molecule has 1 aliphatic heterocycles. The lowest BCUT2D eigenvalue weighted by molar-refractivity contribution is -0.146. The zero-order valence-corrected chi connectivity index (χ0v) is 12.4. The van der Waals surface area contributed by atoms with E-state index in [1.54, 1.807) is 0 Å². The maximum Gasteiger partial charge on any atom is 0.306 e. The molecule has 1 amide bonds. The Labute approximate surface area is 128 Å². The first-order valence-electron chi connectivity index (χ1n) is 7.33. The summed E-state index contributed by atoms with van der Waals surface area (Å²) in [5, 5.41) is 9.69. The zero-order valence-electron chi connectivity index (χ0n) is 11.7. The number of carbonyl (C=O) groups is 2. The van der Waals surface area contributed by atoms with Gasteiger partial charge in [0.25, 0.3) is 0 Å². The summed E-state index contributed by atoms with van der Waals surface area (Å²) in [5.74, 6) is -0.552. The Morgan fingerprint density at radius 3 is 2.57 bits per heavy atom. The number of amides is 1. The molecule has 1 N–H and O–H groups in total. The van der Waals surface area contributed by atoms with E-state index in [-0.39, 0.29) is 23.7 Å². The molecule has 1 saturated heterocycles. The quantitative estimate of drug-likeness (QED) is 0.934. The van der Waals surface area contributed by atoms with Gasteiger partial charge in [-0.1, -0.05) is 23.7 Å². The van der Waals surface area contributed by atoms with Crippen molar-refractivity contribution in [1.29, 1.82) is 0 Å². The zero-order chi connectivity index (χ0) is 15.0. The van der Waals surface area contributed by atoms with Crippen molar-refractivity contribution in [3.05, 3.63) is 34.9 Å². The Bertz CT molecular complexity index is 566. The van der Waals surface area contributed by atoms with Gasteiger partial charge in [-0.05, 0) is 42.9 Å². The SMILES string of the molecule is O=C(O)C1CCN(C(=O)[C@@H]2C[C@@H]2c2cccc(Cl)c2)CC1. The van der Waals surface area contributed by atoms with Crippen molar-refractivity contribution in [2.45, 2.75) is 25.2 Å². The lowest BCUT2D eigenvalue weighted by atomic mass is 9.96. The van der Waals surface area contributed by atoms with Crippen molar-refractivity contribution < 1.29 is 14.7 Å². The van der Waals surface area contributed by atoms with Crippen molar-refractivity contribution in [2.75, 3.05) is 13.1 Å². The van der Waals surface area contributed by atoms with Crippen LogP contribution in [0.2, 0.25) is 5.02 Å². The van der Waals surface area contributed by atoms with E-state index in [1.165, 1.54) is 0 Å². The summed E-state index contributed by atoms with van der Waals surface area (Å²) < 4.78 is 0. The topological polar surface area (TPSA) is 57.6 Å². The fraction of sp³-hybridized carbons (Fsp3) is 0.500. The molecule has 2 aliphatic rings. The van der Waals surface area contributed by atoms with Gasteiger partial charge in [-0.25, -0.2) is 0 Å². The number of nitrogens with zero attached hydrogens (tertiary/aromatic N) is 1. The van der Waals surface area contributed by atoms with Crippen LogP contribution in [-0.2, 0) is 9.59 Å². The second-order valence-corrected chi connectivity index (χ2v) is 6.38. The fourth-order valence-electron chi connectivity index (χ4n) is 3.15. The molecular formula is C16H18ClNO3. The summed E-state index contributed by atoms with van der Waals surface area (Å²) in [7, 11) is 0. The maximum atomic E-state index is 12.5. The summed E-state index contributed by atoms with van der Waals surface area (Å²) in [6.07, 6.45) is 2.00. The van der Waals surface area contributed by atoms with Gasteiger partial charge in [0, 0.05) is 24.0 Å². The molecule has 3 rings (SSSR count). The van der Waals surface area contributed by atoms with Gasteiger partial charge in [0.05, 0.1) is 5.92 Å². The highest BCUT2D eigenvalue weighted by molar-refractivity contribution is 6.30. The van der Waals surface area contributed by atoms with Gasteiger partial charge in [-0.3, -0.25) is 9.59 Å². The van der Waals surface area contributed by atoms with Crippen LogP contribution in [0, 0.1) is 11.8 Å². The third-order valence-corrected chi connectivity index (χ3v) is 4.78. The Balaban J connectivity index is 1.57. The van der Waals surface area contributed by atoms with Crippen LogP contribution >= 0.6 is 11.6 Å². The van der Waals surface area contributed by atoms with Crippen molar-refractivity contribution >= 4 is 23.5 Å². The second-order valence-electron chi connectivity index (χ2n) is 5.94. The number of piperidine rings is 1. The molecule has 21 heavy (non-hydrogen) atoms. The summed E-state index contributed by atoms with van der Waals surface area (Å²) in [6.45, 7) is 1.13. The van der Waals surface area contributed by atoms with Crippen LogP contribution in [0.1, 0.15) is 30.7 Å². The van der Waals surface area contributed by atoms with Crippen LogP contribution in [0.4, 0.5) is 0 Å². The summed E-state index contributed by atoms with van der Waals surface area (Å²) >= 11 is 5.99. The van der Waals surface area contributed by atoms with Crippen LogP contribution < -0.4 is 0 Å². The molecule has 2 atom stereocenters. The monoisotopic (exact) mass is 307 g/mol. The van der Waals surface area contributed by atoms with Gasteiger partial charge in [-0.15, -0.1) is 0 Å². The van der Waals surface area contributed by atoms with Gasteiger partial charge in [0.1, 0.15) is 0 Å². The summed E-state index contributed by atoms with van der Waals surface area (Å²) in [4.78, 5) is 25.2. The van der Waals surface area contributed by atoms with E-state index in [0.717, 1.165) is 12.0 Å². The number of benzene rings is 1. The van der Waals surface area contributed by atoms with E-state index < -0.39 is 5.97 Å². The summed E-state index contributed by atoms with van der Waals surface area (Å²) in [5.41, 5.74) is 1.13. The van der Waals surface area contributed by atoms with E-state index in [9.17, 15) is 9.59 Å². The smallest absolute Gasteiger partial charge is 0.306 e. The minimum absolute atomic E-state index is 0.0462. The van der Waals surface area contributed by atoms with E-state index in [2.05, 4.69) is 0 Å². The van der Waals surface area contributed by atoms with Crippen molar-refractivity contribution in [3.63, 3.8) is 0 Å². The highest BCUT2D eigenvalue weighted by atomic mass is 35.5. The largest absolute Gasteiger partial charge is 0.481 e. The molecule has 1 heterocycles. The number of aliphatic carboxylic acids is 1. The molecule has 0 spiro atoms. The van der Waals surface area contributed by atoms with Crippen LogP contribution in [0.3, 0.4) is 0 Å². The molecule has 1 aromatic carbocycles. The molecule has 112 valence electrons. The lowest BCUT2D eigenvalue weighted by Gasteiger charge is -2.30. The van der Waals surface area contributed by atoms with Gasteiger partial charge >= 0.3 is 5.97 Å². The number of rotatable bonds is 3. The van der Waals surface area contributed by atoms with Gasteiger partial charge in [-0.2, -0.15) is 0 Å². The third-order valence-electron chi connectivity index (χ3n) is 4.54. The summed E-state index contributed by atoms with van der Waals surface area (Å²) in [6, 6.07) is 7.69. The molecule has 0 aromatic heterocycles. The van der Waals surface area contributed by atoms with Crippen LogP contribution in [-0.4, -0.2) is 35.0 Å². The van der Waals surface area contributed by atoms with Gasteiger partial charge < -0.3 is 10.0 Å². The number of likely N-dealkylation sites (tertiary alicyclic amines) is 1. The molecule has 0 bridgehead atoms. The predicted molar refractivity (Wildman–Crippen MR) is 79.2 cm³/mol. The second kappa shape index (κ2) is 5.68. The maximum absolute atomic E-state index is 12.5. The standard InChI is InChI=1S/C16H18ClNO3/c17-12-3-1-2-11(8-12)13-9-14(13)15(19)18-6-4-10(5-7-18)16(20)21/h1-3,8,10,13-14H,4-7,9H2,(H,20,21)/t13-,14-/m1/s1. The Hall–Kier alpha value is -1.55. The van der Waals surface area contributed by atoms with E-state index in [4.69, 9.17) is 16.7 Å². The van der Waals surface area contributed by atoms with Gasteiger partial charge in [0.15, 0.2) is 0 Å². The normalized spacial score (nSPS) is 25.7. The third kappa shape index (κ3) is 3.05. The van der Waals surface area contributed by atoms with Crippen molar-refractivity contribution in [1.82, 2.24) is 4.90 Å². The van der Waals surface area contributed by atoms with Crippen LogP contribution in [0.25, 0.3) is 0 Å². The molecule has 0 unspecified atom stereocenters. The number of hydrogen-bond donors (Lipinski definition) is 1. The van der Waals surface area contributed by atoms with Crippen LogP contribution in [0.15, 0.2) is 24.3 Å². The molecule has 2 fully saturated rings. The Morgan fingerprint density at radius 2 is 1.95 bits per heavy atom. The minimum Gasteiger partial charge on any atom is -0.481 e. The highest BCUT2D eigenvalue weighted by Gasteiger charge is 2.46. The van der Waals surface area contributed by atoms with Crippen molar-refractivity contribution in [2.24, 2.45) is 11.8 Å². The number of carboxylic acid groups (broad SMARTS) is 1. The molecular weight excluding hydrogens is 290 g/mol. The highest BCUT2D eigenvalue weighted by Crippen LogP contribution is 2.49. The predicted octanol–water partition coefficient (Wildman–Crippen LogP) is 2.77. The Kier molecular flexibility index (Phi) is 3.89. The minimum atomic E-state index is -0.745. The molecule has 1 aliphatic carbocycles.